The maximum atomic E-state index is 9.38. The first-order valence-electron chi connectivity index (χ1n) is 20.5. The summed E-state index contributed by atoms with van der Waals surface area (Å²) in [6, 6.07) is 63.9. The van der Waals surface area contributed by atoms with Crippen LogP contribution < -0.4 is 0 Å². The Morgan fingerprint density at radius 2 is 0.844 bits per heavy atom. The Hall–Kier alpha value is -9.60. The highest BCUT2D eigenvalue weighted by atomic mass is 15.0. The molecule has 3 heterocycles. The molecule has 8 nitrogen and oxygen atoms in total. The van der Waals surface area contributed by atoms with Crippen molar-refractivity contribution in [1.82, 2.24) is 19.1 Å². The van der Waals surface area contributed by atoms with Gasteiger partial charge in [-0.25, -0.2) is 19.7 Å². The first-order valence-corrected chi connectivity index (χ1v) is 20.5. The number of nitrogens with zero attached hydrogens (tertiary/aromatic N) is 8. The number of para-hydroxylation sites is 3. The molecular weight excluding hydrogens is 785 g/mol. The molecule has 0 bridgehead atoms. The highest BCUT2D eigenvalue weighted by Crippen LogP contribution is 2.44. The summed E-state index contributed by atoms with van der Waals surface area (Å²) in [5, 5.41) is 23.2. The monoisotopic (exact) mass is 814 g/mol. The van der Waals surface area contributed by atoms with Crippen molar-refractivity contribution < 1.29 is 0 Å². The minimum Gasteiger partial charge on any atom is -0.329 e. The van der Waals surface area contributed by atoms with E-state index < -0.39 is 0 Å². The first kappa shape index (κ1) is 37.4. The molecular formula is C56H30N8. The van der Waals surface area contributed by atoms with Gasteiger partial charge >= 0.3 is 0 Å². The van der Waals surface area contributed by atoms with E-state index in [-0.39, 0.29) is 0 Å². The van der Waals surface area contributed by atoms with E-state index in [1.54, 1.807) is 24.3 Å². The van der Waals surface area contributed by atoms with Crippen molar-refractivity contribution in [1.29, 1.82) is 10.5 Å². The van der Waals surface area contributed by atoms with E-state index in [0.717, 1.165) is 66.3 Å². The summed E-state index contributed by atoms with van der Waals surface area (Å²) in [5.41, 5.74) is 12.9. The Kier molecular flexibility index (Phi) is 8.85. The zero-order valence-electron chi connectivity index (χ0n) is 33.9. The smallest absolute Gasteiger partial charge is 0.200 e. The van der Waals surface area contributed by atoms with Gasteiger partial charge in [-0.15, -0.1) is 0 Å². The van der Waals surface area contributed by atoms with Crippen LogP contribution in [0.2, 0.25) is 0 Å². The lowest BCUT2D eigenvalue weighted by Gasteiger charge is -2.15. The minimum atomic E-state index is 0.372. The number of aromatic nitrogens is 4. The summed E-state index contributed by atoms with van der Waals surface area (Å²) in [6.45, 7) is 16.9. The van der Waals surface area contributed by atoms with Crippen molar-refractivity contribution in [3.8, 4) is 68.5 Å². The van der Waals surface area contributed by atoms with Gasteiger partial charge in [0.25, 0.3) is 0 Å². The molecule has 0 saturated heterocycles. The Balaban J connectivity index is 1.01. The highest BCUT2D eigenvalue weighted by Gasteiger charge is 2.21. The first-order chi connectivity index (χ1) is 31.5. The summed E-state index contributed by atoms with van der Waals surface area (Å²) in [6.07, 6.45) is 0. The van der Waals surface area contributed by atoms with Crippen LogP contribution in [0.15, 0.2) is 182 Å². The molecule has 11 aromatic rings. The molecule has 0 aliphatic heterocycles. The van der Waals surface area contributed by atoms with Gasteiger partial charge in [0, 0.05) is 43.9 Å². The Labute approximate surface area is 367 Å². The van der Waals surface area contributed by atoms with Crippen LogP contribution in [0, 0.1) is 35.8 Å². The van der Waals surface area contributed by atoms with Crippen LogP contribution in [0.4, 0.5) is 11.4 Å². The minimum absolute atomic E-state index is 0.372. The predicted molar refractivity (Wildman–Crippen MR) is 254 cm³/mol. The Bertz CT molecular complexity index is 3700. The fourth-order valence-electron chi connectivity index (χ4n) is 8.83. The van der Waals surface area contributed by atoms with Crippen LogP contribution in [0.1, 0.15) is 11.1 Å². The van der Waals surface area contributed by atoms with Gasteiger partial charge < -0.3 is 9.13 Å². The molecule has 8 heteroatoms. The number of benzene rings is 8. The molecule has 0 unspecified atom stereocenters. The summed E-state index contributed by atoms with van der Waals surface area (Å²) in [5.74, 6) is 0.498. The van der Waals surface area contributed by atoms with Crippen molar-refractivity contribution in [2.45, 2.75) is 0 Å². The van der Waals surface area contributed by atoms with Gasteiger partial charge in [-0.1, -0.05) is 91.0 Å². The second kappa shape index (κ2) is 15.1. The van der Waals surface area contributed by atoms with E-state index >= 15 is 0 Å². The van der Waals surface area contributed by atoms with Crippen LogP contribution in [0.5, 0.6) is 0 Å². The molecule has 0 spiro atoms. The second-order valence-electron chi connectivity index (χ2n) is 15.4. The van der Waals surface area contributed by atoms with E-state index in [9.17, 15) is 10.5 Å². The van der Waals surface area contributed by atoms with Crippen LogP contribution >= 0.6 is 0 Å². The number of nitriles is 2. The van der Waals surface area contributed by atoms with E-state index in [1.165, 1.54) is 10.8 Å². The maximum Gasteiger partial charge on any atom is 0.200 e. The largest absolute Gasteiger partial charge is 0.329 e. The van der Waals surface area contributed by atoms with Gasteiger partial charge in [0.2, 0.25) is 11.4 Å². The predicted octanol–water partition coefficient (Wildman–Crippen LogP) is 14.2. The topological polar surface area (TPSA) is 91.9 Å². The molecule has 0 saturated carbocycles. The molecule has 3 aromatic heterocycles. The maximum absolute atomic E-state index is 9.38. The Morgan fingerprint density at radius 1 is 0.406 bits per heavy atom. The van der Waals surface area contributed by atoms with Crippen LogP contribution in [-0.2, 0) is 0 Å². The van der Waals surface area contributed by atoms with Gasteiger partial charge in [-0.05, 0) is 102 Å². The highest BCUT2D eigenvalue weighted by molar-refractivity contribution is 6.13. The van der Waals surface area contributed by atoms with Crippen molar-refractivity contribution in [2.24, 2.45) is 0 Å². The SMILES string of the molecule is [C-]#[N+]c1cc(-c2ccc(-c3cc(-c4ccc(C#N)cc4)nc(-c4ccc(C#N)cc4)n3)cc2)cc([N+]#[C-])c1-n1c2ccccc2c2cc(-n3c4ccccc4c4ccccc43)ccc21. The third-order valence-corrected chi connectivity index (χ3v) is 11.9. The fraction of sp³-hybridized carbons (Fsp3) is 0. The molecule has 0 fully saturated rings. The van der Waals surface area contributed by atoms with Crippen molar-refractivity contribution in [2.75, 3.05) is 0 Å². The number of rotatable bonds is 6. The molecule has 0 aliphatic carbocycles. The number of hydrogen-bond acceptors (Lipinski definition) is 4. The van der Waals surface area contributed by atoms with Gasteiger partial charge in [0.05, 0.1) is 75.6 Å². The lowest BCUT2D eigenvalue weighted by molar-refractivity contribution is 1.17. The third-order valence-electron chi connectivity index (χ3n) is 11.9. The summed E-state index contributed by atoms with van der Waals surface area (Å²) in [7, 11) is 0. The number of fused-ring (bicyclic) bond motifs is 6. The van der Waals surface area contributed by atoms with E-state index in [0.29, 0.717) is 45.4 Å². The molecule has 294 valence electrons. The fourth-order valence-corrected chi connectivity index (χ4v) is 8.83. The van der Waals surface area contributed by atoms with Crippen LogP contribution in [-0.4, -0.2) is 19.1 Å². The van der Waals surface area contributed by atoms with Gasteiger partial charge in [0.15, 0.2) is 5.82 Å². The zero-order chi connectivity index (χ0) is 43.3. The molecule has 0 amide bonds. The molecule has 0 radical (unpaired) electrons. The standard InChI is InChI=1S/C56H30N8/c1-59-49-29-41(37-23-25-39(26-24-37)48-32-47(38-19-15-35(33-57)16-20-38)61-56(62-48)40-21-17-36(34-58)18-22-40)30-50(60-2)55(49)64-53-14-8-5-11-45(53)46-31-42(27-28-54(46)64)63-51-12-6-3-9-43(51)44-10-4-7-13-52(44)63/h3-32H. The van der Waals surface area contributed by atoms with Gasteiger partial charge in [-0.3, -0.25) is 0 Å². The molecule has 64 heavy (non-hydrogen) atoms. The Morgan fingerprint density at radius 3 is 1.36 bits per heavy atom. The van der Waals surface area contributed by atoms with E-state index in [2.05, 4.69) is 110 Å². The van der Waals surface area contributed by atoms with E-state index in [4.69, 9.17) is 23.1 Å². The lowest BCUT2D eigenvalue weighted by atomic mass is 9.99. The van der Waals surface area contributed by atoms with Crippen molar-refractivity contribution in [3.05, 3.63) is 216 Å². The lowest BCUT2D eigenvalue weighted by Crippen LogP contribution is -1.97. The molecule has 0 N–H and O–H groups in total. The summed E-state index contributed by atoms with van der Waals surface area (Å²) in [4.78, 5) is 17.9. The van der Waals surface area contributed by atoms with E-state index in [1.807, 2.05) is 78.9 Å². The van der Waals surface area contributed by atoms with Crippen LogP contribution in [0.25, 0.3) is 110 Å². The molecule has 8 aromatic carbocycles. The van der Waals surface area contributed by atoms with Gasteiger partial charge in [0.1, 0.15) is 0 Å². The molecule has 0 aliphatic rings. The summed E-state index contributed by atoms with van der Waals surface area (Å²) < 4.78 is 4.37. The average Bonchev–Trinajstić information content (AvgIpc) is 3.88. The summed E-state index contributed by atoms with van der Waals surface area (Å²) >= 11 is 0. The van der Waals surface area contributed by atoms with Gasteiger partial charge in [-0.2, -0.15) is 10.5 Å². The molecule has 0 atom stereocenters. The second-order valence-corrected chi connectivity index (χ2v) is 15.4. The van der Waals surface area contributed by atoms with Crippen LogP contribution in [0.3, 0.4) is 0 Å². The zero-order valence-corrected chi connectivity index (χ0v) is 33.9. The third kappa shape index (κ3) is 6.12. The molecule has 11 rings (SSSR count). The quantitative estimate of drug-likeness (QED) is 0.156. The normalized spacial score (nSPS) is 11.1. The number of hydrogen-bond donors (Lipinski definition) is 0. The average molecular weight is 815 g/mol. The van der Waals surface area contributed by atoms with Crippen molar-refractivity contribution in [3.63, 3.8) is 0 Å². The van der Waals surface area contributed by atoms with Crippen molar-refractivity contribution >= 4 is 55.0 Å².